The average Bonchev–Trinajstić information content (AvgIpc) is 2.75. The Morgan fingerprint density at radius 2 is 2.00 bits per heavy atom. The zero-order valence-electron chi connectivity index (χ0n) is 9.50. The minimum Gasteiger partial charge on any atom is -0.361 e. The minimum atomic E-state index is -0.171. The maximum absolute atomic E-state index is 13.8. The standard InChI is InChI=1S/C14H14FNO/c15-12-2-1-3-13-14(12)11(8-16-13)9-4-6-10(17)7-5-9/h1-3,8-9,16H,4-7H2. The highest BCUT2D eigenvalue weighted by molar-refractivity contribution is 5.85. The minimum absolute atomic E-state index is 0.171. The van der Waals surface area contributed by atoms with E-state index in [1.165, 1.54) is 6.07 Å². The lowest BCUT2D eigenvalue weighted by molar-refractivity contribution is -0.120. The van der Waals surface area contributed by atoms with Crippen molar-refractivity contribution >= 4 is 16.7 Å². The van der Waals surface area contributed by atoms with Gasteiger partial charge in [0.15, 0.2) is 0 Å². The van der Waals surface area contributed by atoms with E-state index < -0.39 is 0 Å². The number of hydrogen-bond acceptors (Lipinski definition) is 1. The van der Waals surface area contributed by atoms with Crippen LogP contribution in [-0.4, -0.2) is 10.8 Å². The average molecular weight is 231 g/mol. The monoisotopic (exact) mass is 231 g/mol. The van der Waals surface area contributed by atoms with Gasteiger partial charge in [-0.15, -0.1) is 0 Å². The van der Waals surface area contributed by atoms with Crippen LogP contribution in [0, 0.1) is 5.82 Å². The van der Waals surface area contributed by atoms with Crippen LogP contribution in [0.2, 0.25) is 0 Å². The summed E-state index contributed by atoms with van der Waals surface area (Å²) in [5.74, 6) is 0.482. The molecule has 0 atom stereocenters. The summed E-state index contributed by atoms with van der Waals surface area (Å²) in [7, 11) is 0. The molecule has 0 radical (unpaired) electrons. The lowest BCUT2D eigenvalue weighted by Gasteiger charge is -2.20. The van der Waals surface area contributed by atoms with Crippen molar-refractivity contribution in [1.29, 1.82) is 0 Å². The largest absolute Gasteiger partial charge is 0.361 e. The number of aromatic amines is 1. The highest BCUT2D eigenvalue weighted by atomic mass is 19.1. The number of benzene rings is 1. The summed E-state index contributed by atoms with van der Waals surface area (Å²) in [5.41, 5.74) is 1.88. The second kappa shape index (κ2) is 3.99. The quantitative estimate of drug-likeness (QED) is 0.800. The predicted molar refractivity (Wildman–Crippen MR) is 64.5 cm³/mol. The normalized spacial score (nSPS) is 17.8. The predicted octanol–water partition coefficient (Wildman–Crippen LogP) is 3.53. The van der Waals surface area contributed by atoms with Crippen molar-refractivity contribution in [1.82, 2.24) is 4.98 Å². The number of hydrogen-bond donors (Lipinski definition) is 1. The van der Waals surface area contributed by atoms with Crippen LogP contribution >= 0.6 is 0 Å². The Balaban J connectivity index is 2.03. The molecule has 1 aliphatic carbocycles. The number of halogens is 1. The van der Waals surface area contributed by atoms with Crippen molar-refractivity contribution in [2.75, 3.05) is 0 Å². The zero-order valence-corrected chi connectivity index (χ0v) is 9.50. The van der Waals surface area contributed by atoms with Crippen LogP contribution in [-0.2, 0) is 4.79 Å². The summed E-state index contributed by atoms with van der Waals surface area (Å²) in [5, 5.41) is 0.701. The van der Waals surface area contributed by atoms with Gasteiger partial charge in [-0.05, 0) is 36.5 Å². The van der Waals surface area contributed by atoms with Crippen LogP contribution in [0.5, 0.6) is 0 Å². The Hall–Kier alpha value is -1.64. The third-order valence-electron chi connectivity index (χ3n) is 3.67. The first-order chi connectivity index (χ1) is 8.25. The third-order valence-corrected chi connectivity index (χ3v) is 3.67. The molecule has 1 aromatic carbocycles. The van der Waals surface area contributed by atoms with Crippen LogP contribution in [0.15, 0.2) is 24.4 Å². The Labute approximate surface area is 98.8 Å². The van der Waals surface area contributed by atoms with E-state index in [0.29, 0.717) is 29.9 Å². The van der Waals surface area contributed by atoms with E-state index in [2.05, 4.69) is 4.98 Å². The number of carbonyl (C=O) groups is 1. The van der Waals surface area contributed by atoms with Crippen LogP contribution in [0.4, 0.5) is 4.39 Å². The number of ketones is 1. The summed E-state index contributed by atoms with van der Waals surface area (Å²) in [4.78, 5) is 14.3. The summed E-state index contributed by atoms with van der Waals surface area (Å²) in [6, 6.07) is 5.09. The Kier molecular flexibility index (Phi) is 2.46. The number of carbonyl (C=O) groups excluding carboxylic acids is 1. The van der Waals surface area contributed by atoms with Crippen LogP contribution in [0.1, 0.15) is 37.2 Å². The molecule has 1 heterocycles. The molecule has 0 saturated heterocycles. The molecule has 3 heteroatoms. The molecular weight excluding hydrogens is 217 g/mol. The molecule has 2 aromatic rings. The van der Waals surface area contributed by atoms with Crippen molar-refractivity contribution in [3.8, 4) is 0 Å². The van der Waals surface area contributed by atoms with E-state index in [0.717, 1.165) is 23.9 Å². The maximum Gasteiger partial charge on any atom is 0.132 e. The Morgan fingerprint density at radius 3 is 2.76 bits per heavy atom. The molecule has 88 valence electrons. The van der Waals surface area contributed by atoms with Gasteiger partial charge in [0.25, 0.3) is 0 Å². The Bertz CT molecular complexity index is 563. The molecule has 17 heavy (non-hydrogen) atoms. The fourth-order valence-corrected chi connectivity index (χ4v) is 2.74. The van der Waals surface area contributed by atoms with E-state index in [1.54, 1.807) is 6.07 Å². The number of nitrogens with one attached hydrogen (secondary N) is 1. The van der Waals surface area contributed by atoms with Gasteiger partial charge in [0.1, 0.15) is 11.6 Å². The molecule has 1 aromatic heterocycles. The molecule has 1 N–H and O–H groups in total. The number of aromatic nitrogens is 1. The van der Waals surface area contributed by atoms with Gasteiger partial charge in [-0.2, -0.15) is 0 Å². The second-order valence-electron chi connectivity index (χ2n) is 4.72. The fraction of sp³-hybridized carbons (Fsp3) is 0.357. The molecular formula is C14H14FNO. The lowest BCUT2D eigenvalue weighted by atomic mass is 9.83. The van der Waals surface area contributed by atoms with Gasteiger partial charge in [0, 0.05) is 29.9 Å². The molecule has 0 bridgehead atoms. The summed E-state index contributed by atoms with van der Waals surface area (Å²) in [6.07, 6.45) is 4.85. The molecule has 1 aliphatic rings. The maximum atomic E-state index is 13.8. The molecule has 1 fully saturated rings. The van der Waals surface area contributed by atoms with Gasteiger partial charge < -0.3 is 4.98 Å². The molecule has 0 unspecified atom stereocenters. The highest BCUT2D eigenvalue weighted by Gasteiger charge is 2.23. The van der Waals surface area contributed by atoms with Crippen molar-refractivity contribution in [2.45, 2.75) is 31.6 Å². The van der Waals surface area contributed by atoms with Crippen molar-refractivity contribution in [3.63, 3.8) is 0 Å². The van der Waals surface area contributed by atoms with E-state index in [9.17, 15) is 9.18 Å². The molecule has 3 rings (SSSR count). The molecule has 0 spiro atoms. The van der Waals surface area contributed by atoms with E-state index >= 15 is 0 Å². The zero-order chi connectivity index (χ0) is 11.8. The molecule has 2 nitrogen and oxygen atoms in total. The number of Topliss-reactive ketones (excluding diaryl/α,β-unsaturated/α-hetero) is 1. The second-order valence-corrected chi connectivity index (χ2v) is 4.72. The van der Waals surface area contributed by atoms with Gasteiger partial charge in [0.2, 0.25) is 0 Å². The van der Waals surface area contributed by atoms with E-state index in [-0.39, 0.29) is 5.82 Å². The van der Waals surface area contributed by atoms with Gasteiger partial charge in [-0.25, -0.2) is 4.39 Å². The van der Waals surface area contributed by atoms with Gasteiger partial charge in [-0.1, -0.05) is 6.07 Å². The first-order valence-electron chi connectivity index (χ1n) is 6.03. The van der Waals surface area contributed by atoms with Crippen LogP contribution < -0.4 is 0 Å². The number of fused-ring (bicyclic) bond motifs is 1. The SMILES string of the molecule is O=C1CCC(c2c[nH]c3cccc(F)c23)CC1. The van der Waals surface area contributed by atoms with Crippen LogP contribution in [0.25, 0.3) is 10.9 Å². The smallest absolute Gasteiger partial charge is 0.132 e. The van der Waals surface area contributed by atoms with Gasteiger partial charge in [-0.3, -0.25) is 4.79 Å². The third kappa shape index (κ3) is 1.75. The van der Waals surface area contributed by atoms with Crippen molar-refractivity contribution in [3.05, 3.63) is 35.8 Å². The van der Waals surface area contributed by atoms with Crippen LogP contribution in [0.3, 0.4) is 0 Å². The van der Waals surface area contributed by atoms with E-state index in [4.69, 9.17) is 0 Å². The Morgan fingerprint density at radius 1 is 1.24 bits per heavy atom. The summed E-state index contributed by atoms with van der Waals surface area (Å²) >= 11 is 0. The number of H-pyrrole nitrogens is 1. The first-order valence-corrected chi connectivity index (χ1v) is 6.03. The van der Waals surface area contributed by atoms with Crippen molar-refractivity contribution < 1.29 is 9.18 Å². The lowest BCUT2D eigenvalue weighted by Crippen LogP contribution is -2.12. The topological polar surface area (TPSA) is 32.9 Å². The van der Waals surface area contributed by atoms with Gasteiger partial charge in [0.05, 0.1) is 0 Å². The fourth-order valence-electron chi connectivity index (χ4n) is 2.74. The van der Waals surface area contributed by atoms with Crippen molar-refractivity contribution in [2.24, 2.45) is 0 Å². The summed E-state index contributed by atoms with van der Waals surface area (Å²) < 4.78 is 13.8. The number of rotatable bonds is 1. The molecule has 0 amide bonds. The molecule has 0 aliphatic heterocycles. The summed E-state index contributed by atoms with van der Waals surface area (Å²) in [6.45, 7) is 0. The van der Waals surface area contributed by atoms with Gasteiger partial charge >= 0.3 is 0 Å². The highest BCUT2D eigenvalue weighted by Crippen LogP contribution is 2.36. The first kappa shape index (κ1) is 10.5. The van der Waals surface area contributed by atoms with E-state index in [1.807, 2.05) is 12.3 Å². The molecule has 1 saturated carbocycles.